The molecule has 1 saturated heterocycles. The number of ether oxygens (including phenoxy) is 1. The van der Waals surface area contributed by atoms with Crippen molar-refractivity contribution in [2.75, 3.05) is 13.2 Å². The maximum atomic E-state index is 13.3. The molecule has 0 atom stereocenters. The Balaban J connectivity index is 1.69. The molecular weight excluding hydrogens is 426 g/mol. The van der Waals surface area contributed by atoms with Crippen LogP contribution in [0.25, 0.3) is 11.7 Å². The lowest BCUT2D eigenvalue weighted by Gasteiger charge is -2.34. The molecule has 4 rings (SSSR count). The summed E-state index contributed by atoms with van der Waals surface area (Å²) in [5.74, 6) is -1.27. The fourth-order valence-corrected chi connectivity index (χ4v) is 4.00. The molecule has 0 radical (unpaired) electrons. The Morgan fingerprint density at radius 1 is 1.33 bits per heavy atom. The number of rotatable bonds is 7. The van der Waals surface area contributed by atoms with Crippen molar-refractivity contribution in [3.05, 3.63) is 33.8 Å². The van der Waals surface area contributed by atoms with Crippen LogP contribution in [0.5, 0.6) is 5.88 Å². The number of nitrogens with one attached hydrogen (secondary N) is 2. The average Bonchev–Trinajstić information content (AvgIpc) is 3.45. The van der Waals surface area contributed by atoms with Crippen LogP contribution >= 0.6 is 0 Å². The van der Waals surface area contributed by atoms with Gasteiger partial charge in [0.1, 0.15) is 5.65 Å². The fraction of sp³-hybridized carbons (Fsp3) is 0.565. The topological polar surface area (TPSA) is 127 Å². The summed E-state index contributed by atoms with van der Waals surface area (Å²) >= 11 is 0. The third-order valence-electron chi connectivity index (χ3n) is 6.03. The van der Waals surface area contributed by atoms with Crippen molar-refractivity contribution in [2.24, 2.45) is 5.92 Å². The molecule has 2 aliphatic rings. The summed E-state index contributed by atoms with van der Waals surface area (Å²) in [4.78, 5) is 38.5. The van der Waals surface area contributed by atoms with Gasteiger partial charge in [0.2, 0.25) is 11.8 Å². The summed E-state index contributed by atoms with van der Waals surface area (Å²) in [5, 5.41) is 20.7. The average molecular weight is 458 g/mol. The molecule has 1 aliphatic carbocycles. The maximum Gasteiger partial charge on any atom is 0.270 e. The van der Waals surface area contributed by atoms with E-state index in [9.17, 15) is 19.5 Å². The normalized spacial score (nSPS) is 18.2. The van der Waals surface area contributed by atoms with Crippen LogP contribution in [-0.4, -0.2) is 55.9 Å². The molecule has 2 aromatic rings. The number of nitrogens with zero attached hydrogens (tertiary/aromatic N) is 3. The number of amides is 2. The van der Waals surface area contributed by atoms with Crippen molar-refractivity contribution in [3.8, 4) is 5.88 Å². The molecule has 33 heavy (non-hydrogen) atoms. The van der Waals surface area contributed by atoms with Gasteiger partial charge in [0.15, 0.2) is 5.56 Å². The number of aromatic hydroxyl groups is 1. The van der Waals surface area contributed by atoms with Crippen LogP contribution < -0.4 is 16.2 Å². The highest BCUT2D eigenvalue weighted by Crippen LogP contribution is 2.24. The molecule has 0 bridgehead atoms. The Bertz CT molecular complexity index is 1150. The standard InChI is InChI=1S/C23H31N5O5/c1-14(2)13-27-20-15(4-7-17(29)26-23(3)8-10-33-11-9-23)12-24-28(20)22(32)18(21(27)31)19(30)25-16-5-6-16/h4,7,12,14,16,32H,5-6,8-11,13H2,1-3H3,(H,25,30)(H,26,29)/b7-4+. The van der Waals surface area contributed by atoms with Crippen LogP contribution in [0.4, 0.5) is 0 Å². The van der Waals surface area contributed by atoms with Crippen molar-refractivity contribution >= 4 is 23.5 Å². The highest BCUT2D eigenvalue weighted by molar-refractivity contribution is 5.97. The molecule has 2 fully saturated rings. The first kappa shape index (κ1) is 23.0. The highest BCUT2D eigenvalue weighted by atomic mass is 16.5. The van der Waals surface area contributed by atoms with E-state index in [-0.39, 0.29) is 29.0 Å². The molecule has 0 unspecified atom stereocenters. The predicted molar refractivity (Wildman–Crippen MR) is 122 cm³/mol. The molecule has 3 N–H and O–H groups in total. The van der Waals surface area contributed by atoms with Crippen LogP contribution in [0.1, 0.15) is 62.4 Å². The number of fused-ring (bicyclic) bond motifs is 1. The van der Waals surface area contributed by atoms with E-state index in [4.69, 9.17) is 4.74 Å². The summed E-state index contributed by atoms with van der Waals surface area (Å²) in [6, 6.07) is 0.0396. The Morgan fingerprint density at radius 2 is 2.03 bits per heavy atom. The molecule has 2 amide bonds. The van der Waals surface area contributed by atoms with Crippen LogP contribution in [0.3, 0.4) is 0 Å². The largest absolute Gasteiger partial charge is 0.492 e. The molecule has 178 valence electrons. The van der Waals surface area contributed by atoms with Crippen molar-refractivity contribution < 1.29 is 19.4 Å². The summed E-state index contributed by atoms with van der Waals surface area (Å²) in [6.45, 7) is 7.42. The van der Waals surface area contributed by atoms with Gasteiger partial charge in [-0.15, -0.1) is 0 Å². The lowest BCUT2D eigenvalue weighted by atomic mass is 9.92. The smallest absolute Gasteiger partial charge is 0.270 e. The second-order valence-electron chi connectivity index (χ2n) is 9.59. The van der Waals surface area contributed by atoms with E-state index in [0.717, 1.165) is 25.7 Å². The molecule has 10 heteroatoms. The van der Waals surface area contributed by atoms with Crippen molar-refractivity contribution in [3.63, 3.8) is 0 Å². The second-order valence-corrected chi connectivity index (χ2v) is 9.59. The monoisotopic (exact) mass is 457 g/mol. The Labute approximate surface area is 191 Å². The van der Waals surface area contributed by atoms with Crippen LogP contribution in [0.2, 0.25) is 0 Å². The van der Waals surface area contributed by atoms with E-state index in [1.54, 1.807) is 6.08 Å². The van der Waals surface area contributed by atoms with Crippen LogP contribution in [0, 0.1) is 5.92 Å². The van der Waals surface area contributed by atoms with E-state index in [0.29, 0.717) is 31.0 Å². The number of carbonyl (C=O) groups excluding carboxylic acids is 2. The molecule has 0 spiro atoms. The van der Waals surface area contributed by atoms with Gasteiger partial charge in [-0.1, -0.05) is 13.8 Å². The minimum atomic E-state index is -0.601. The molecular formula is C23H31N5O5. The van der Waals surface area contributed by atoms with Crippen LogP contribution in [-0.2, 0) is 16.1 Å². The van der Waals surface area contributed by atoms with Gasteiger partial charge in [-0.2, -0.15) is 9.61 Å². The van der Waals surface area contributed by atoms with Gasteiger partial charge in [0.05, 0.1) is 6.20 Å². The van der Waals surface area contributed by atoms with E-state index >= 15 is 0 Å². The number of carbonyl (C=O) groups is 2. The summed E-state index contributed by atoms with van der Waals surface area (Å²) in [5.41, 5.74) is -0.414. The van der Waals surface area contributed by atoms with E-state index in [2.05, 4.69) is 15.7 Å². The van der Waals surface area contributed by atoms with E-state index < -0.39 is 17.3 Å². The van der Waals surface area contributed by atoms with E-state index in [1.165, 1.54) is 21.4 Å². The zero-order valence-electron chi connectivity index (χ0n) is 19.3. The molecule has 10 nitrogen and oxygen atoms in total. The summed E-state index contributed by atoms with van der Waals surface area (Å²) in [7, 11) is 0. The van der Waals surface area contributed by atoms with Gasteiger partial charge in [-0.25, -0.2) is 0 Å². The Hall–Kier alpha value is -3.14. The zero-order valence-corrected chi connectivity index (χ0v) is 19.3. The van der Waals surface area contributed by atoms with Crippen molar-refractivity contribution in [1.29, 1.82) is 0 Å². The zero-order chi connectivity index (χ0) is 23.8. The minimum Gasteiger partial charge on any atom is -0.492 e. The number of hydrogen-bond acceptors (Lipinski definition) is 6. The fourth-order valence-electron chi connectivity index (χ4n) is 4.00. The van der Waals surface area contributed by atoms with Gasteiger partial charge in [-0.05, 0) is 44.6 Å². The third-order valence-corrected chi connectivity index (χ3v) is 6.03. The highest BCUT2D eigenvalue weighted by Gasteiger charge is 2.30. The molecule has 1 saturated carbocycles. The van der Waals surface area contributed by atoms with Crippen molar-refractivity contribution in [2.45, 2.75) is 64.6 Å². The first-order valence-electron chi connectivity index (χ1n) is 11.4. The third kappa shape index (κ3) is 4.95. The molecule has 1 aliphatic heterocycles. The van der Waals surface area contributed by atoms with Crippen LogP contribution in [0.15, 0.2) is 17.1 Å². The predicted octanol–water partition coefficient (Wildman–Crippen LogP) is 1.45. The first-order chi connectivity index (χ1) is 15.7. The molecule has 0 aromatic carbocycles. The Kier molecular flexibility index (Phi) is 6.29. The van der Waals surface area contributed by atoms with E-state index in [1.807, 2.05) is 20.8 Å². The molecule has 3 heterocycles. The number of aromatic nitrogens is 3. The maximum absolute atomic E-state index is 13.3. The lowest BCUT2D eigenvalue weighted by Crippen LogP contribution is -2.49. The van der Waals surface area contributed by atoms with Gasteiger partial charge < -0.3 is 20.5 Å². The van der Waals surface area contributed by atoms with Gasteiger partial charge in [0, 0.05) is 43.0 Å². The second kappa shape index (κ2) is 9.01. The SMILES string of the molecule is CC(C)Cn1c(=O)c(C(=O)NC2CC2)c(O)n2ncc(/C=C/C(=O)NC3(C)CCOCC3)c12. The first-order valence-corrected chi connectivity index (χ1v) is 11.4. The van der Waals surface area contributed by atoms with Gasteiger partial charge in [-0.3, -0.25) is 19.0 Å². The minimum absolute atomic E-state index is 0.0396. The number of hydrogen-bond donors (Lipinski definition) is 3. The van der Waals surface area contributed by atoms with Gasteiger partial charge >= 0.3 is 0 Å². The lowest BCUT2D eigenvalue weighted by molar-refractivity contribution is -0.119. The molecule has 2 aromatic heterocycles. The summed E-state index contributed by atoms with van der Waals surface area (Å²) in [6.07, 6.45) is 7.62. The quantitative estimate of drug-likeness (QED) is 0.540. The Morgan fingerprint density at radius 3 is 2.67 bits per heavy atom. The van der Waals surface area contributed by atoms with Gasteiger partial charge in [0.25, 0.3) is 11.5 Å². The van der Waals surface area contributed by atoms with Crippen molar-refractivity contribution in [1.82, 2.24) is 24.8 Å². The summed E-state index contributed by atoms with van der Waals surface area (Å²) < 4.78 is 7.99.